The van der Waals surface area contributed by atoms with E-state index < -0.39 is 5.31 Å². The first-order valence-electron chi connectivity index (χ1n) is 5.36. The molecule has 0 spiro atoms. The molecule has 0 fully saturated rings. The molecular weight excluding hydrogens is 275 g/mol. The quantitative estimate of drug-likeness (QED) is 0.421. The van der Waals surface area contributed by atoms with Gasteiger partial charge in [-0.2, -0.15) is 0 Å². The van der Waals surface area contributed by atoms with E-state index in [2.05, 4.69) is 42.8 Å². The third-order valence-corrected chi connectivity index (χ3v) is 13.9. The average molecular weight is 297 g/mol. The van der Waals surface area contributed by atoms with Crippen LogP contribution in [-0.2, 0) is 9.53 Å². The molecule has 0 atom stereocenters. The number of carbonyl (C=O) groups excluding carboxylic acids is 1. The van der Waals surface area contributed by atoms with Crippen LogP contribution in [0.5, 0.6) is 0 Å². The molecule has 0 bridgehead atoms. The number of esters is 1. The fraction of sp³-hybridized carbons (Fsp3) is 0.727. The SMILES string of the molecule is C=C(C)C(=O)OCP(Br)(CC)(CC)CC. The molecule has 0 aliphatic rings. The monoisotopic (exact) mass is 296 g/mol. The van der Waals surface area contributed by atoms with Crippen molar-refractivity contribution in [2.75, 3.05) is 24.8 Å². The van der Waals surface area contributed by atoms with E-state index in [-0.39, 0.29) is 5.97 Å². The Balaban J connectivity index is 4.58. The Kier molecular flexibility index (Phi) is 5.49. The summed E-state index contributed by atoms with van der Waals surface area (Å²) in [5, 5.41) is -1.97. The zero-order valence-electron chi connectivity index (χ0n) is 10.2. The summed E-state index contributed by atoms with van der Waals surface area (Å²) in [5.74, 6) is -0.279. The van der Waals surface area contributed by atoms with Crippen molar-refractivity contribution >= 4 is 26.8 Å². The Bertz CT molecular complexity index is 248. The Morgan fingerprint density at radius 2 is 1.67 bits per heavy atom. The molecule has 4 heteroatoms. The van der Waals surface area contributed by atoms with E-state index in [1.54, 1.807) is 6.92 Å². The number of hydrogen-bond donors (Lipinski definition) is 0. The molecule has 0 aliphatic carbocycles. The molecule has 0 heterocycles. The summed E-state index contributed by atoms with van der Waals surface area (Å²) in [5.41, 5.74) is 0.468. The van der Waals surface area contributed by atoms with E-state index in [1.807, 2.05) is 0 Å². The van der Waals surface area contributed by atoms with Gasteiger partial charge in [0.2, 0.25) is 0 Å². The second kappa shape index (κ2) is 5.45. The van der Waals surface area contributed by atoms with E-state index >= 15 is 0 Å². The van der Waals surface area contributed by atoms with Crippen molar-refractivity contribution in [3.05, 3.63) is 12.2 Å². The van der Waals surface area contributed by atoms with Gasteiger partial charge in [0.25, 0.3) is 0 Å². The van der Waals surface area contributed by atoms with Gasteiger partial charge in [0, 0.05) is 0 Å². The van der Waals surface area contributed by atoms with Crippen LogP contribution in [0.4, 0.5) is 0 Å². The summed E-state index contributed by atoms with van der Waals surface area (Å²) >= 11 is 3.89. The van der Waals surface area contributed by atoms with Crippen LogP contribution in [0.1, 0.15) is 27.7 Å². The second-order valence-electron chi connectivity index (χ2n) is 4.11. The summed E-state index contributed by atoms with van der Waals surface area (Å²) in [6.45, 7) is 11.7. The molecule has 15 heavy (non-hydrogen) atoms. The first kappa shape index (κ1) is 15.1. The molecular formula is C11H22BrO2P. The standard InChI is InChI=1S/C11H22BrO2P/c1-6-15(12,7-2,8-3)9-14-11(13)10(4)5/h4,6-9H2,1-3,5H3. The Morgan fingerprint density at radius 1 is 1.27 bits per heavy atom. The normalized spacial score (nSPS) is 14.1. The van der Waals surface area contributed by atoms with Crippen LogP contribution in [0.3, 0.4) is 0 Å². The van der Waals surface area contributed by atoms with Crippen molar-refractivity contribution < 1.29 is 9.53 Å². The van der Waals surface area contributed by atoms with Crippen LogP contribution >= 0.6 is 20.8 Å². The van der Waals surface area contributed by atoms with Crippen molar-refractivity contribution in [1.29, 1.82) is 0 Å². The van der Waals surface area contributed by atoms with Crippen LogP contribution in [0, 0.1) is 0 Å². The van der Waals surface area contributed by atoms with Crippen molar-refractivity contribution in [3.8, 4) is 0 Å². The summed E-state index contributed by atoms with van der Waals surface area (Å²) < 4.78 is 5.32. The molecule has 0 aromatic carbocycles. The van der Waals surface area contributed by atoms with Gasteiger partial charge in [0.15, 0.2) is 0 Å². The molecule has 90 valence electrons. The molecule has 0 aromatic heterocycles. The number of rotatable bonds is 6. The summed E-state index contributed by atoms with van der Waals surface area (Å²) in [6, 6.07) is 0. The molecule has 0 rings (SSSR count). The van der Waals surface area contributed by atoms with Crippen LogP contribution in [-0.4, -0.2) is 30.8 Å². The van der Waals surface area contributed by atoms with Crippen LogP contribution < -0.4 is 0 Å². The van der Waals surface area contributed by atoms with Gasteiger partial charge in [-0.25, -0.2) is 0 Å². The first-order valence-corrected chi connectivity index (χ1v) is 10.4. The van der Waals surface area contributed by atoms with Gasteiger partial charge in [0.05, 0.1) is 0 Å². The third kappa shape index (κ3) is 3.88. The zero-order valence-corrected chi connectivity index (χ0v) is 12.7. The zero-order chi connectivity index (χ0) is 12.1. The number of hydrogen-bond acceptors (Lipinski definition) is 2. The van der Waals surface area contributed by atoms with Gasteiger partial charge in [-0.3, -0.25) is 0 Å². The Hall–Kier alpha value is 0.120. The Labute approximate surface area is 101 Å². The maximum absolute atomic E-state index is 11.4. The maximum atomic E-state index is 11.4. The number of carbonyl (C=O) groups is 1. The Morgan fingerprint density at radius 3 is 1.93 bits per heavy atom. The fourth-order valence-electron chi connectivity index (χ4n) is 1.29. The predicted octanol–water partition coefficient (Wildman–Crippen LogP) is 3.99. The number of ether oxygens (including phenoxy) is 1. The van der Waals surface area contributed by atoms with E-state index in [9.17, 15) is 4.79 Å². The number of halogens is 1. The molecule has 0 N–H and O–H groups in total. The van der Waals surface area contributed by atoms with Gasteiger partial charge in [0.1, 0.15) is 0 Å². The van der Waals surface area contributed by atoms with E-state index in [4.69, 9.17) is 4.74 Å². The molecule has 0 saturated carbocycles. The summed E-state index contributed by atoms with van der Waals surface area (Å²) in [7, 11) is 0. The third-order valence-electron chi connectivity index (χ3n) is 3.24. The van der Waals surface area contributed by atoms with Gasteiger partial charge in [-0.05, 0) is 0 Å². The molecule has 0 unspecified atom stereocenters. The van der Waals surface area contributed by atoms with Crippen molar-refractivity contribution in [2.24, 2.45) is 0 Å². The first-order chi connectivity index (χ1) is 6.81. The summed E-state index contributed by atoms with van der Waals surface area (Å²) in [4.78, 5) is 11.4. The van der Waals surface area contributed by atoms with Gasteiger partial charge in [-0.15, -0.1) is 0 Å². The van der Waals surface area contributed by atoms with Crippen LogP contribution in [0.15, 0.2) is 12.2 Å². The minimum absolute atomic E-state index is 0.279. The van der Waals surface area contributed by atoms with Crippen molar-refractivity contribution in [3.63, 3.8) is 0 Å². The van der Waals surface area contributed by atoms with Crippen LogP contribution in [0.25, 0.3) is 0 Å². The fourth-order valence-corrected chi connectivity index (χ4v) is 3.92. The van der Waals surface area contributed by atoms with E-state index in [0.717, 1.165) is 18.5 Å². The minimum atomic E-state index is -1.97. The van der Waals surface area contributed by atoms with Crippen molar-refractivity contribution in [1.82, 2.24) is 0 Å². The molecule has 0 aliphatic heterocycles. The second-order valence-corrected chi connectivity index (χ2v) is 15.9. The molecule has 0 amide bonds. The van der Waals surface area contributed by atoms with E-state index in [0.29, 0.717) is 11.9 Å². The van der Waals surface area contributed by atoms with Gasteiger partial charge >= 0.3 is 101 Å². The van der Waals surface area contributed by atoms with Gasteiger partial charge in [-0.1, -0.05) is 0 Å². The molecule has 2 nitrogen and oxygen atoms in total. The predicted molar refractivity (Wildman–Crippen MR) is 73.2 cm³/mol. The van der Waals surface area contributed by atoms with Crippen LogP contribution in [0.2, 0.25) is 0 Å². The van der Waals surface area contributed by atoms with Crippen molar-refractivity contribution in [2.45, 2.75) is 27.7 Å². The molecule has 0 radical (unpaired) electrons. The summed E-state index contributed by atoms with van der Waals surface area (Å²) in [6.07, 6.45) is 3.70. The van der Waals surface area contributed by atoms with Gasteiger partial charge < -0.3 is 0 Å². The molecule has 0 aromatic rings. The van der Waals surface area contributed by atoms with E-state index in [1.165, 1.54) is 0 Å². The average Bonchev–Trinajstić information content (AvgIpc) is 2.26. The molecule has 0 saturated heterocycles. The topological polar surface area (TPSA) is 26.3 Å².